The van der Waals surface area contributed by atoms with Gasteiger partial charge in [-0.1, -0.05) is 72.8 Å². The van der Waals surface area contributed by atoms with Gasteiger partial charge in [0.15, 0.2) is 0 Å². The number of carbonyl (C=O) groups is 1. The molecule has 2 bridgehead atoms. The third-order valence-corrected chi connectivity index (χ3v) is 6.59. The maximum atomic E-state index is 13.0. The van der Waals surface area contributed by atoms with Crippen molar-refractivity contribution in [2.75, 3.05) is 13.2 Å². The van der Waals surface area contributed by atoms with Gasteiger partial charge in [0.2, 0.25) is 0 Å². The summed E-state index contributed by atoms with van der Waals surface area (Å²) in [5.41, 5.74) is 1.76. The summed E-state index contributed by atoms with van der Waals surface area (Å²) in [6.45, 7) is 1.44. The molecule has 0 radical (unpaired) electrons. The Balaban J connectivity index is 1.27. The molecular weight excluding hydrogens is 430 g/mol. The quantitative estimate of drug-likeness (QED) is 0.581. The highest BCUT2D eigenvalue weighted by molar-refractivity contribution is 5.69. The van der Waals surface area contributed by atoms with Gasteiger partial charge < -0.3 is 19.3 Å². The normalized spacial score (nSPS) is 23.9. The Hall–Kier alpha value is -3.35. The predicted molar refractivity (Wildman–Crippen MR) is 127 cm³/mol. The van der Waals surface area contributed by atoms with Crippen LogP contribution in [-0.4, -0.2) is 41.4 Å². The minimum Gasteiger partial charge on any atom is -0.489 e. The van der Waals surface area contributed by atoms with Crippen molar-refractivity contribution in [2.24, 2.45) is 0 Å². The van der Waals surface area contributed by atoms with Gasteiger partial charge >= 0.3 is 6.09 Å². The van der Waals surface area contributed by atoms with Crippen LogP contribution < -0.4 is 4.74 Å². The first-order chi connectivity index (χ1) is 16.6. The number of hydrogen-bond acceptors (Lipinski definition) is 5. The third kappa shape index (κ3) is 4.93. The van der Waals surface area contributed by atoms with Crippen LogP contribution in [-0.2, 0) is 28.3 Å². The molecular formula is C28H29NO5. The van der Waals surface area contributed by atoms with E-state index in [1.807, 2.05) is 84.9 Å². The molecule has 3 aromatic carbocycles. The number of ether oxygens (including phenoxy) is 3. The van der Waals surface area contributed by atoms with E-state index < -0.39 is 5.60 Å². The van der Waals surface area contributed by atoms with Crippen molar-refractivity contribution in [2.45, 2.75) is 43.7 Å². The van der Waals surface area contributed by atoms with Crippen LogP contribution in [0.1, 0.15) is 29.5 Å². The number of piperidine rings is 1. The molecule has 176 valence electrons. The van der Waals surface area contributed by atoms with Crippen molar-refractivity contribution in [3.05, 3.63) is 102 Å². The van der Waals surface area contributed by atoms with E-state index >= 15 is 0 Å². The van der Waals surface area contributed by atoms with Crippen molar-refractivity contribution >= 4 is 6.09 Å². The summed E-state index contributed by atoms with van der Waals surface area (Å²) >= 11 is 0. The van der Waals surface area contributed by atoms with E-state index in [2.05, 4.69) is 0 Å². The minimum absolute atomic E-state index is 0.224. The second-order valence-corrected chi connectivity index (χ2v) is 9.03. The topological polar surface area (TPSA) is 68.2 Å². The second kappa shape index (κ2) is 9.87. The summed E-state index contributed by atoms with van der Waals surface area (Å²) in [5.74, 6) is 0.709. The first-order valence-electron chi connectivity index (χ1n) is 11.7. The zero-order valence-corrected chi connectivity index (χ0v) is 19.0. The molecule has 2 atom stereocenters. The lowest BCUT2D eigenvalue weighted by Crippen LogP contribution is -2.62. The van der Waals surface area contributed by atoms with Crippen LogP contribution in [0, 0.1) is 0 Å². The Labute approximate surface area is 199 Å². The molecule has 2 saturated heterocycles. The Morgan fingerprint density at radius 1 is 0.882 bits per heavy atom. The Morgan fingerprint density at radius 3 is 2.15 bits per heavy atom. The SMILES string of the molecule is O=C(OCc1ccccc1)N1C2COCC1CC(O)(c1cccc(OCc3ccccc3)c1)C2. The van der Waals surface area contributed by atoms with Gasteiger partial charge in [-0.2, -0.15) is 0 Å². The van der Waals surface area contributed by atoms with Crippen molar-refractivity contribution < 1.29 is 24.1 Å². The Morgan fingerprint density at radius 2 is 1.50 bits per heavy atom. The number of fused-ring (bicyclic) bond motifs is 2. The van der Waals surface area contributed by atoms with Gasteiger partial charge in [-0.05, 0) is 28.8 Å². The molecule has 5 rings (SSSR count). The van der Waals surface area contributed by atoms with Gasteiger partial charge in [0, 0.05) is 12.8 Å². The number of carbonyl (C=O) groups excluding carboxylic acids is 1. The number of benzene rings is 3. The van der Waals surface area contributed by atoms with Crippen molar-refractivity contribution in [1.82, 2.24) is 4.90 Å². The fraction of sp³-hybridized carbons (Fsp3) is 0.321. The number of amides is 1. The zero-order chi connectivity index (χ0) is 23.4. The standard InChI is InChI=1S/C28H29NO5/c30-27(34-18-22-10-5-2-6-11-22)29-24-15-28(31,16-25(29)20-32-19-24)23-12-7-13-26(14-23)33-17-21-8-3-1-4-9-21/h1-14,24-25,31H,15-20H2. The van der Waals surface area contributed by atoms with E-state index in [0.717, 1.165) is 16.7 Å². The molecule has 6 heteroatoms. The van der Waals surface area contributed by atoms with Crippen LogP contribution in [0.5, 0.6) is 5.75 Å². The molecule has 2 heterocycles. The fourth-order valence-corrected chi connectivity index (χ4v) is 4.92. The van der Waals surface area contributed by atoms with Crippen molar-refractivity contribution in [1.29, 1.82) is 0 Å². The number of hydrogen-bond donors (Lipinski definition) is 1. The summed E-state index contributed by atoms with van der Waals surface area (Å²) in [6, 6.07) is 26.7. The predicted octanol–water partition coefficient (Wildman–Crippen LogP) is 4.65. The van der Waals surface area contributed by atoms with Crippen molar-refractivity contribution in [3.8, 4) is 5.75 Å². The lowest BCUT2D eigenvalue weighted by Gasteiger charge is -2.51. The van der Waals surface area contributed by atoms with Crippen molar-refractivity contribution in [3.63, 3.8) is 0 Å². The number of nitrogens with zero attached hydrogens (tertiary/aromatic N) is 1. The third-order valence-electron chi connectivity index (χ3n) is 6.59. The van der Waals surface area contributed by atoms with Gasteiger partial charge in [-0.15, -0.1) is 0 Å². The summed E-state index contributed by atoms with van der Waals surface area (Å²) in [5, 5.41) is 11.7. The maximum Gasteiger partial charge on any atom is 0.410 e. The molecule has 2 unspecified atom stereocenters. The molecule has 1 amide bonds. The Kier molecular flexibility index (Phi) is 6.52. The lowest BCUT2D eigenvalue weighted by atomic mass is 9.77. The van der Waals surface area contributed by atoms with Gasteiger partial charge in [-0.25, -0.2) is 4.79 Å². The molecule has 6 nitrogen and oxygen atoms in total. The van der Waals surface area contributed by atoms with Gasteiger partial charge in [-0.3, -0.25) is 4.90 Å². The number of aliphatic hydroxyl groups is 1. The zero-order valence-electron chi connectivity index (χ0n) is 19.0. The lowest BCUT2D eigenvalue weighted by molar-refractivity contribution is -0.137. The average Bonchev–Trinajstić information content (AvgIpc) is 2.87. The summed E-state index contributed by atoms with van der Waals surface area (Å²) < 4.78 is 17.3. The Bertz CT molecular complexity index is 1090. The molecule has 2 fully saturated rings. The van der Waals surface area contributed by atoms with E-state index in [4.69, 9.17) is 14.2 Å². The summed E-state index contributed by atoms with van der Waals surface area (Å²) in [7, 11) is 0. The van der Waals surface area contributed by atoms with E-state index in [9.17, 15) is 9.90 Å². The summed E-state index contributed by atoms with van der Waals surface area (Å²) in [6.07, 6.45) is 0.405. The molecule has 0 aromatic heterocycles. The van der Waals surface area contributed by atoms with Crippen LogP contribution in [0.2, 0.25) is 0 Å². The van der Waals surface area contributed by atoms with Crippen LogP contribution in [0.4, 0.5) is 4.79 Å². The second-order valence-electron chi connectivity index (χ2n) is 9.03. The largest absolute Gasteiger partial charge is 0.489 e. The molecule has 2 aliphatic heterocycles. The van der Waals surface area contributed by atoms with E-state index in [1.165, 1.54) is 0 Å². The van der Waals surface area contributed by atoms with E-state index in [0.29, 0.717) is 38.4 Å². The molecule has 34 heavy (non-hydrogen) atoms. The first-order valence-corrected chi connectivity index (χ1v) is 11.7. The monoisotopic (exact) mass is 459 g/mol. The van der Waals surface area contributed by atoms with Crippen LogP contribution in [0.25, 0.3) is 0 Å². The average molecular weight is 460 g/mol. The number of morpholine rings is 1. The van der Waals surface area contributed by atoms with Crippen LogP contribution in [0.15, 0.2) is 84.9 Å². The van der Waals surface area contributed by atoms with Gasteiger partial charge in [0.05, 0.1) is 30.9 Å². The highest BCUT2D eigenvalue weighted by atomic mass is 16.6. The molecule has 2 aliphatic rings. The molecule has 0 aliphatic carbocycles. The molecule has 0 saturated carbocycles. The van der Waals surface area contributed by atoms with E-state index in [-0.39, 0.29) is 24.8 Å². The molecule has 0 spiro atoms. The van der Waals surface area contributed by atoms with Crippen LogP contribution in [0.3, 0.4) is 0 Å². The van der Waals surface area contributed by atoms with Gasteiger partial charge in [0.1, 0.15) is 19.0 Å². The maximum absolute atomic E-state index is 13.0. The van der Waals surface area contributed by atoms with Crippen LogP contribution >= 0.6 is 0 Å². The fourth-order valence-electron chi connectivity index (χ4n) is 4.92. The van der Waals surface area contributed by atoms with E-state index in [1.54, 1.807) is 4.90 Å². The highest BCUT2D eigenvalue weighted by Gasteiger charge is 2.49. The molecule has 3 aromatic rings. The summed E-state index contributed by atoms with van der Waals surface area (Å²) in [4.78, 5) is 14.7. The van der Waals surface area contributed by atoms with Gasteiger partial charge in [0.25, 0.3) is 0 Å². The smallest absolute Gasteiger partial charge is 0.410 e. The first kappa shape index (κ1) is 22.4. The highest BCUT2D eigenvalue weighted by Crippen LogP contribution is 2.42. The molecule has 1 N–H and O–H groups in total. The minimum atomic E-state index is -1.07. The number of rotatable bonds is 6.